The Morgan fingerprint density at radius 2 is 1.85 bits per heavy atom. The molecule has 148 valence electrons. The summed E-state index contributed by atoms with van der Waals surface area (Å²) in [6, 6.07) is 11.0. The molecule has 4 nitrogen and oxygen atoms in total. The summed E-state index contributed by atoms with van der Waals surface area (Å²) in [4.78, 5) is 15.8. The minimum absolute atomic E-state index is 0.0699. The summed E-state index contributed by atoms with van der Waals surface area (Å²) >= 11 is 0. The largest absolute Gasteiger partial charge is 0.348 e. The lowest BCUT2D eigenvalue weighted by Gasteiger charge is -2.34. The molecule has 0 unspecified atom stereocenters. The van der Waals surface area contributed by atoms with E-state index in [2.05, 4.69) is 61.6 Å². The van der Waals surface area contributed by atoms with E-state index in [1.807, 2.05) is 0 Å². The van der Waals surface area contributed by atoms with Crippen molar-refractivity contribution >= 4 is 12.0 Å². The number of benzene rings is 1. The summed E-state index contributed by atoms with van der Waals surface area (Å²) < 4.78 is 0. The van der Waals surface area contributed by atoms with Gasteiger partial charge in [-0.1, -0.05) is 56.2 Å². The fourth-order valence-corrected chi connectivity index (χ4v) is 4.51. The van der Waals surface area contributed by atoms with Crippen LogP contribution in [-0.2, 0) is 4.79 Å². The van der Waals surface area contributed by atoms with Gasteiger partial charge in [0.1, 0.15) is 26.2 Å². The van der Waals surface area contributed by atoms with E-state index in [1.54, 1.807) is 4.90 Å². The molecule has 3 N–H and O–H groups in total. The summed E-state index contributed by atoms with van der Waals surface area (Å²) in [5.41, 5.74) is 1.27. The quantitative estimate of drug-likeness (QED) is 0.672. The Hall–Kier alpha value is -1.65. The summed E-state index contributed by atoms with van der Waals surface area (Å²) in [5.74, 6) is 0.888. The standard InChI is InChI=1S/C23H35N3O/c1-19-9-6-7-13-22(19)24-23(27)20(2)26-17-15-25(16-18-26)14-8-12-21-10-4-3-5-11-21/h3-5,8,10-12,19-20,22H,6-7,9,13-18H2,1-2H3,(H,24,27)/p+2/b12-8+/t19-,20+,22-/m0/s1. The Bertz CT molecular complexity index is 607. The lowest BCUT2D eigenvalue weighted by molar-refractivity contribution is -1.02. The van der Waals surface area contributed by atoms with Crippen molar-refractivity contribution in [2.45, 2.75) is 51.6 Å². The van der Waals surface area contributed by atoms with Gasteiger partial charge in [0, 0.05) is 6.04 Å². The Kier molecular flexibility index (Phi) is 7.48. The maximum Gasteiger partial charge on any atom is 0.278 e. The lowest BCUT2D eigenvalue weighted by Crippen LogP contribution is -3.30. The summed E-state index contributed by atoms with van der Waals surface area (Å²) in [7, 11) is 0. The number of carbonyl (C=O) groups excluding carboxylic acids is 1. The third-order valence-electron chi connectivity index (χ3n) is 6.56. The second-order valence-electron chi connectivity index (χ2n) is 8.52. The SMILES string of the molecule is C[C@H](C(=O)N[C@H]1CCCC[C@@H]1C)[NH+]1CC[NH+](C/C=C/c2ccccc2)CC1. The summed E-state index contributed by atoms with van der Waals surface area (Å²) in [5, 5.41) is 3.35. The van der Waals surface area contributed by atoms with Gasteiger partial charge in [-0.3, -0.25) is 4.79 Å². The predicted molar refractivity (Wildman–Crippen MR) is 111 cm³/mol. The first-order valence-electron chi connectivity index (χ1n) is 10.8. The smallest absolute Gasteiger partial charge is 0.278 e. The normalized spacial score (nSPS) is 30.1. The van der Waals surface area contributed by atoms with Gasteiger partial charge >= 0.3 is 0 Å². The molecule has 0 radical (unpaired) electrons. The van der Waals surface area contributed by atoms with Crippen LogP contribution in [-0.4, -0.2) is 50.7 Å². The third-order valence-corrected chi connectivity index (χ3v) is 6.56. The van der Waals surface area contributed by atoms with E-state index < -0.39 is 0 Å². The Balaban J connectivity index is 1.40. The number of carbonyl (C=O) groups is 1. The molecule has 0 aromatic heterocycles. The monoisotopic (exact) mass is 371 g/mol. The number of rotatable bonds is 6. The zero-order valence-electron chi connectivity index (χ0n) is 17.0. The molecule has 0 spiro atoms. The highest BCUT2D eigenvalue weighted by molar-refractivity contribution is 5.80. The van der Waals surface area contributed by atoms with Gasteiger partial charge in [-0.15, -0.1) is 0 Å². The molecule has 1 aromatic rings. The Morgan fingerprint density at radius 3 is 2.56 bits per heavy atom. The third kappa shape index (κ3) is 5.91. The lowest BCUT2D eigenvalue weighted by atomic mass is 9.86. The van der Waals surface area contributed by atoms with E-state index in [0.717, 1.165) is 39.1 Å². The molecule has 1 amide bonds. The predicted octanol–water partition coefficient (Wildman–Crippen LogP) is 0.567. The highest BCUT2D eigenvalue weighted by Gasteiger charge is 2.32. The van der Waals surface area contributed by atoms with Crippen LogP contribution in [0.2, 0.25) is 0 Å². The average Bonchev–Trinajstić information content (AvgIpc) is 2.70. The van der Waals surface area contributed by atoms with Gasteiger partial charge in [-0.2, -0.15) is 0 Å². The van der Waals surface area contributed by atoms with Crippen LogP contribution in [0.5, 0.6) is 0 Å². The van der Waals surface area contributed by atoms with Crippen LogP contribution in [0.1, 0.15) is 45.1 Å². The first kappa shape index (κ1) is 20.1. The molecule has 2 aliphatic rings. The fraction of sp³-hybridized carbons (Fsp3) is 0.609. The molecule has 3 atom stereocenters. The van der Waals surface area contributed by atoms with Crippen LogP contribution in [0.15, 0.2) is 36.4 Å². The second kappa shape index (κ2) is 10.0. The second-order valence-corrected chi connectivity index (χ2v) is 8.52. The number of hydrogen-bond donors (Lipinski definition) is 3. The fourth-order valence-electron chi connectivity index (χ4n) is 4.51. The van der Waals surface area contributed by atoms with Crippen LogP contribution in [0.4, 0.5) is 0 Å². The molecule has 1 saturated heterocycles. The number of amides is 1. The molecule has 27 heavy (non-hydrogen) atoms. The number of quaternary nitrogens is 2. The maximum absolute atomic E-state index is 12.7. The minimum atomic E-state index is 0.0699. The van der Waals surface area contributed by atoms with Gasteiger partial charge in [-0.05, 0) is 37.3 Å². The zero-order valence-corrected chi connectivity index (χ0v) is 17.0. The van der Waals surface area contributed by atoms with E-state index in [1.165, 1.54) is 29.7 Å². The molecule has 2 fully saturated rings. The van der Waals surface area contributed by atoms with Crippen molar-refractivity contribution in [1.29, 1.82) is 0 Å². The molecule has 3 rings (SSSR count). The molecule has 1 aromatic carbocycles. The van der Waals surface area contributed by atoms with E-state index >= 15 is 0 Å². The minimum Gasteiger partial charge on any atom is -0.348 e. The van der Waals surface area contributed by atoms with Gasteiger partial charge in [-0.25, -0.2) is 0 Å². The van der Waals surface area contributed by atoms with Gasteiger partial charge < -0.3 is 15.1 Å². The highest BCUT2D eigenvalue weighted by Crippen LogP contribution is 2.23. The Labute approximate surface area is 164 Å². The highest BCUT2D eigenvalue weighted by atomic mass is 16.2. The van der Waals surface area contributed by atoms with Crippen LogP contribution in [0.25, 0.3) is 6.08 Å². The number of hydrogen-bond acceptors (Lipinski definition) is 1. The molecule has 4 heteroatoms. The molecule has 0 bridgehead atoms. The van der Waals surface area contributed by atoms with Crippen molar-refractivity contribution in [2.75, 3.05) is 32.7 Å². The van der Waals surface area contributed by atoms with Crippen LogP contribution >= 0.6 is 0 Å². The molecule has 1 heterocycles. The number of nitrogens with one attached hydrogen (secondary N) is 3. The summed E-state index contributed by atoms with van der Waals surface area (Å²) in [6.07, 6.45) is 9.49. The first-order valence-corrected chi connectivity index (χ1v) is 10.8. The van der Waals surface area contributed by atoms with E-state index in [9.17, 15) is 4.79 Å². The first-order chi connectivity index (χ1) is 13.1. The topological polar surface area (TPSA) is 38.0 Å². The van der Waals surface area contributed by atoms with Crippen LogP contribution in [0.3, 0.4) is 0 Å². The van der Waals surface area contributed by atoms with E-state index in [4.69, 9.17) is 0 Å². The number of piperazine rings is 1. The molecular weight excluding hydrogens is 334 g/mol. The molecule has 1 aliphatic carbocycles. The van der Waals surface area contributed by atoms with Crippen molar-refractivity contribution in [3.63, 3.8) is 0 Å². The van der Waals surface area contributed by atoms with Crippen molar-refractivity contribution in [3.8, 4) is 0 Å². The van der Waals surface area contributed by atoms with Gasteiger partial charge in [0.15, 0.2) is 6.04 Å². The summed E-state index contributed by atoms with van der Waals surface area (Å²) in [6.45, 7) is 9.93. The van der Waals surface area contributed by atoms with Gasteiger partial charge in [0.2, 0.25) is 0 Å². The zero-order chi connectivity index (χ0) is 19.1. The average molecular weight is 372 g/mol. The van der Waals surface area contributed by atoms with Gasteiger partial charge in [0.25, 0.3) is 5.91 Å². The van der Waals surface area contributed by atoms with Crippen LogP contribution < -0.4 is 15.1 Å². The Morgan fingerprint density at radius 1 is 1.15 bits per heavy atom. The van der Waals surface area contributed by atoms with Crippen molar-refractivity contribution in [3.05, 3.63) is 42.0 Å². The van der Waals surface area contributed by atoms with Crippen molar-refractivity contribution < 1.29 is 14.6 Å². The van der Waals surface area contributed by atoms with Crippen molar-refractivity contribution in [2.24, 2.45) is 5.92 Å². The maximum atomic E-state index is 12.7. The molecular formula is C23H37N3O+2. The van der Waals surface area contributed by atoms with E-state index in [0.29, 0.717) is 12.0 Å². The van der Waals surface area contributed by atoms with Crippen LogP contribution in [0, 0.1) is 5.92 Å². The van der Waals surface area contributed by atoms with Gasteiger partial charge in [0.05, 0.1) is 6.54 Å². The molecule has 1 aliphatic heterocycles. The van der Waals surface area contributed by atoms with Crippen molar-refractivity contribution in [1.82, 2.24) is 5.32 Å². The molecule has 1 saturated carbocycles. The van der Waals surface area contributed by atoms with E-state index in [-0.39, 0.29) is 11.9 Å².